The van der Waals surface area contributed by atoms with Gasteiger partial charge in [-0.25, -0.2) is 9.98 Å². The molecule has 2 heterocycles. The van der Waals surface area contributed by atoms with E-state index in [1.807, 2.05) is 0 Å². The van der Waals surface area contributed by atoms with Crippen LogP contribution in [-0.2, 0) is 9.47 Å². The minimum Gasteiger partial charge on any atom is -0.478 e. The summed E-state index contributed by atoms with van der Waals surface area (Å²) in [5.74, 6) is -123. The summed E-state index contributed by atoms with van der Waals surface area (Å²) in [5, 5.41) is 18.8. The van der Waals surface area contributed by atoms with Gasteiger partial charge in [0.1, 0.15) is 30.7 Å². The Balaban J connectivity index is 2.71. The van der Waals surface area contributed by atoms with Crippen molar-refractivity contribution in [1.82, 2.24) is 0 Å². The Morgan fingerprint density at radius 1 is 0.324 bits per heavy atom. The summed E-state index contributed by atoms with van der Waals surface area (Å²) in [7, 11) is 0. The molecule has 71 heavy (non-hydrogen) atoms. The molecule has 40 heteroatoms. The molecular formula is C31H24F34N2O4. The van der Waals surface area contributed by atoms with Crippen molar-refractivity contribution >= 4 is 11.8 Å². The first kappa shape index (κ1) is 63.6. The van der Waals surface area contributed by atoms with Crippen molar-refractivity contribution in [3.8, 4) is 0 Å². The zero-order chi connectivity index (χ0) is 56.7. The smallest absolute Gasteiger partial charge is 0.460 e. The van der Waals surface area contributed by atoms with Crippen LogP contribution >= 0.6 is 0 Å². The molecule has 2 aliphatic rings. The van der Waals surface area contributed by atoms with Crippen LogP contribution in [0.1, 0.15) is 38.5 Å². The number of hydrogen-bond donors (Lipinski definition) is 2. The van der Waals surface area contributed by atoms with E-state index in [4.69, 9.17) is 9.47 Å². The molecule has 0 aromatic heterocycles. The van der Waals surface area contributed by atoms with Gasteiger partial charge in [-0.05, 0) is 25.7 Å². The third kappa shape index (κ3) is 9.29. The number of halogens is 34. The first-order valence-electron chi connectivity index (χ1n) is 18.1. The standard InChI is InChI=1S/C31H24F34N2O4/c32-16(33,18(36,37)20(40,41)22(44,45)24(48,49)26(52,53)28(56,57)30(60,61)62)5-1-3-15(13-66-11(7-68)9-70-13,14-67-12(8-69)10-71-14)4-2-6-17(34,35)19(38,39)21(42,43)23(46,47)25(50,51)27(54,55)29(58,59)31(63,64)65/h11-12,68-69H,1-10H2/t11-,12-/m0/s1. The number of hydrogen-bond acceptors (Lipinski definition) is 6. The fourth-order valence-corrected chi connectivity index (χ4v) is 6.12. The van der Waals surface area contributed by atoms with Gasteiger partial charge in [-0.15, -0.1) is 0 Å². The number of rotatable bonds is 24. The molecule has 2 N–H and O–H groups in total. The molecule has 0 aliphatic carbocycles. The largest absolute Gasteiger partial charge is 0.478 e. The topological polar surface area (TPSA) is 83.6 Å². The molecule has 0 fully saturated rings. The highest BCUT2D eigenvalue weighted by Gasteiger charge is 2.97. The van der Waals surface area contributed by atoms with Crippen molar-refractivity contribution < 1.29 is 169 Å². The Labute approximate surface area is 369 Å². The van der Waals surface area contributed by atoms with E-state index in [1.165, 1.54) is 0 Å². The minimum atomic E-state index is -9.08. The Bertz CT molecular complexity index is 1800. The second-order valence-corrected chi connectivity index (χ2v) is 15.2. The number of aliphatic hydroxyl groups is 2. The summed E-state index contributed by atoms with van der Waals surface area (Å²) in [6, 6.07) is -3.46. The van der Waals surface area contributed by atoms with Gasteiger partial charge in [0.2, 0.25) is 0 Å². The molecule has 2 rings (SSSR count). The molecule has 0 saturated heterocycles. The molecule has 0 aromatic rings. The van der Waals surface area contributed by atoms with Gasteiger partial charge in [0.25, 0.3) is 0 Å². The summed E-state index contributed by atoms with van der Waals surface area (Å²) >= 11 is 0. The molecular weight excluding hydrogens is 1110 g/mol. The van der Waals surface area contributed by atoms with E-state index in [0.717, 1.165) is 0 Å². The Kier molecular flexibility index (Phi) is 16.5. The average molecular weight is 1130 g/mol. The van der Waals surface area contributed by atoms with Crippen LogP contribution in [0, 0.1) is 5.41 Å². The maximum absolute atomic E-state index is 14.9. The summed E-state index contributed by atoms with van der Waals surface area (Å²) in [4.78, 5) is 6.88. The predicted molar refractivity (Wildman–Crippen MR) is 160 cm³/mol. The van der Waals surface area contributed by atoms with Crippen LogP contribution in [0.2, 0.25) is 0 Å². The number of nitrogens with zero attached hydrogens (tertiary/aromatic N) is 2. The van der Waals surface area contributed by atoms with E-state index in [9.17, 15) is 159 Å². The van der Waals surface area contributed by atoms with Gasteiger partial charge in [0.05, 0.1) is 13.2 Å². The molecule has 2 atom stereocenters. The lowest BCUT2D eigenvalue weighted by molar-refractivity contribution is -0.461. The van der Waals surface area contributed by atoms with Crippen molar-refractivity contribution in [3.63, 3.8) is 0 Å². The van der Waals surface area contributed by atoms with E-state index >= 15 is 0 Å². The lowest BCUT2D eigenvalue weighted by Gasteiger charge is -2.43. The van der Waals surface area contributed by atoms with Crippen LogP contribution in [0.4, 0.5) is 149 Å². The molecule has 0 amide bonds. The Morgan fingerprint density at radius 3 is 0.732 bits per heavy atom. The van der Waals surface area contributed by atoms with Crippen LogP contribution in [-0.4, -0.2) is 156 Å². The number of aliphatic hydroxyl groups excluding tert-OH is 2. The highest BCUT2D eigenvalue weighted by atomic mass is 19.4. The van der Waals surface area contributed by atoms with Crippen LogP contribution in [0.5, 0.6) is 0 Å². The van der Waals surface area contributed by atoms with Gasteiger partial charge in [-0.1, -0.05) is 0 Å². The molecule has 420 valence electrons. The zero-order valence-electron chi connectivity index (χ0n) is 33.2. The first-order chi connectivity index (χ1) is 31.0. The molecule has 0 unspecified atom stereocenters. The maximum atomic E-state index is 14.9. The normalized spacial score (nSPS) is 20.0. The maximum Gasteiger partial charge on any atom is 0.460 e. The highest BCUT2D eigenvalue weighted by Crippen LogP contribution is 2.66. The van der Waals surface area contributed by atoms with Crippen molar-refractivity contribution in [2.45, 2.75) is 146 Å². The molecule has 0 aromatic carbocycles. The quantitative estimate of drug-likeness (QED) is 0.0944. The van der Waals surface area contributed by atoms with Gasteiger partial charge in [0, 0.05) is 12.8 Å². The number of ether oxygens (including phenoxy) is 2. The fourth-order valence-electron chi connectivity index (χ4n) is 6.12. The van der Waals surface area contributed by atoms with Crippen LogP contribution < -0.4 is 0 Å². The summed E-state index contributed by atoms with van der Waals surface area (Å²) in [6.45, 7) is -4.64. The SMILES string of the molecule is OC[C@H]1COC(C(CCCC(F)(F)C(F)(F)C(F)(F)C(F)(F)C(F)(F)C(F)(F)C(F)(F)C(F)(F)F)(CCCC(F)(F)C(F)(F)C(F)(F)C(F)(F)C(F)(F)C(F)(F)C(F)(F)C(F)(F)F)C2=N[C@@H](CO)CO2)=N1. The third-order valence-electron chi connectivity index (χ3n) is 10.4. The van der Waals surface area contributed by atoms with Crippen molar-refractivity contribution in [1.29, 1.82) is 0 Å². The van der Waals surface area contributed by atoms with Gasteiger partial charge >= 0.3 is 95.3 Å². The Morgan fingerprint density at radius 2 is 0.535 bits per heavy atom. The van der Waals surface area contributed by atoms with Crippen molar-refractivity contribution in [2.24, 2.45) is 15.4 Å². The summed E-state index contributed by atoms with van der Waals surface area (Å²) in [5.41, 5.74) is -3.36. The predicted octanol–water partition coefficient (Wildman–Crippen LogP) is 11.9. The minimum absolute atomic E-state index is 1.06. The van der Waals surface area contributed by atoms with Crippen molar-refractivity contribution in [3.05, 3.63) is 0 Å². The van der Waals surface area contributed by atoms with Gasteiger partial charge < -0.3 is 19.7 Å². The van der Waals surface area contributed by atoms with E-state index in [1.54, 1.807) is 0 Å². The molecule has 0 radical (unpaired) electrons. The van der Waals surface area contributed by atoms with E-state index in [2.05, 4.69) is 9.98 Å². The summed E-state index contributed by atoms with van der Waals surface area (Å²) in [6.07, 6.45) is -31.7. The van der Waals surface area contributed by atoms with E-state index in [-0.39, 0.29) is 0 Å². The van der Waals surface area contributed by atoms with Gasteiger partial charge in [0.15, 0.2) is 11.8 Å². The van der Waals surface area contributed by atoms with E-state index < -0.39 is 190 Å². The zero-order valence-corrected chi connectivity index (χ0v) is 33.2. The fraction of sp³-hybridized carbons (Fsp3) is 0.935. The molecule has 6 nitrogen and oxygen atoms in total. The second kappa shape index (κ2) is 18.4. The lowest BCUT2D eigenvalue weighted by atomic mass is 9.76. The molecule has 2 aliphatic heterocycles. The second-order valence-electron chi connectivity index (χ2n) is 15.2. The Hall–Kier alpha value is -3.52. The van der Waals surface area contributed by atoms with Crippen LogP contribution in [0.25, 0.3) is 0 Å². The number of aliphatic imine (C=N–C) groups is 2. The van der Waals surface area contributed by atoms with Gasteiger partial charge in [-0.2, -0.15) is 149 Å². The third-order valence-corrected chi connectivity index (χ3v) is 10.4. The van der Waals surface area contributed by atoms with Crippen LogP contribution in [0.3, 0.4) is 0 Å². The number of alkyl halides is 34. The molecule has 0 spiro atoms. The molecule has 0 saturated carbocycles. The highest BCUT2D eigenvalue weighted by molar-refractivity contribution is 6.06. The lowest BCUT2D eigenvalue weighted by Crippen LogP contribution is -2.74. The van der Waals surface area contributed by atoms with Crippen LogP contribution in [0.15, 0.2) is 9.98 Å². The molecule has 0 bridgehead atoms. The van der Waals surface area contributed by atoms with Crippen molar-refractivity contribution in [2.75, 3.05) is 26.4 Å². The van der Waals surface area contributed by atoms with E-state index in [0.29, 0.717) is 0 Å². The monoisotopic (exact) mass is 1130 g/mol. The van der Waals surface area contributed by atoms with Gasteiger partial charge in [-0.3, -0.25) is 0 Å². The first-order valence-corrected chi connectivity index (χ1v) is 18.1. The summed E-state index contributed by atoms with van der Waals surface area (Å²) < 4.78 is 480. The average Bonchev–Trinajstić information content (AvgIpc) is 3.89.